The molecule has 1 aromatic rings. The molecule has 1 aromatic carbocycles. The molecular formula is C14H15. The van der Waals surface area contributed by atoms with Crippen molar-refractivity contribution >= 4 is 6.08 Å². The predicted molar refractivity (Wildman–Crippen MR) is 60.1 cm³/mol. The molecule has 0 heteroatoms. The van der Waals surface area contributed by atoms with Crippen LogP contribution in [0.5, 0.6) is 0 Å². The lowest BCUT2D eigenvalue weighted by molar-refractivity contribution is 0.711. The third-order valence-electron chi connectivity index (χ3n) is 3.35. The van der Waals surface area contributed by atoms with Crippen LogP contribution in [0, 0.1) is 6.42 Å². The summed E-state index contributed by atoms with van der Waals surface area (Å²) >= 11 is 0. The summed E-state index contributed by atoms with van der Waals surface area (Å²) in [5.74, 6) is 0. The molecule has 0 saturated heterocycles. The number of hydrogen-bond donors (Lipinski definition) is 0. The second kappa shape index (κ2) is 3.27. The zero-order chi connectivity index (χ0) is 9.38. The van der Waals surface area contributed by atoms with Gasteiger partial charge in [0.15, 0.2) is 0 Å². The highest BCUT2D eigenvalue weighted by Crippen LogP contribution is 2.28. The summed E-state index contributed by atoms with van der Waals surface area (Å²) in [5.41, 5.74) is 6.04. The predicted octanol–water partition coefficient (Wildman–Crippen LogP) is 3.53. The van der Waals surface area contributed by atoms with Gasteiger partial charge in [0.2, 0.25) is 0 Å². The first kappa shape index (κ1) is 8.28. The molecule has 3 rings (SSSR count). The number of rotatable bonds is 0. The fraction of sp³-hybridized carbons (Fsp3) is 0.357. The van der Waals surface area contributed by atoms with E-state index in [1.54, 1.807) is 11.1 Å². The van der Waals surface area contributed by atoms with Gasteiger partial charge in [-0.3, -0.25) is 0 Å². The smallest absolute Gasteiger partial charge is 0.0131 e. The van der Waals surface area contributed by atoms with Gasteiger partial charge >= 0.3 is 0 Å². The zero-order valence-electron chi connectivity index (χ0n) is 8.42. The van der Waals surface area contributed by atoms with Gasteiger partial charge in [-0.05, 0) is 47.9 Å². The van der Waals surface area contributed by atoms with E-state index in [1.165, 1.54) is 43.2 Å². The highest BCUT2D eigenvalue weighted by molar-refractivity contribution is 5.66. The minimum Gasteiger partial charge on any atom is -0.0755 e. The summed E-state index contributed by atoms with van der Waals surface area (Å²) < 4.78 is 0. The Bertz CT molecular complexity index is 385. The molecule has 0 amide bonds. The Labute approximate surface area is 85.6 Å². The molecule has 1 radical (unpaired) electrons. The molecule has 0 heterocycles. The van der Waals surface area contributed by atoms with Crippen molar-refractivity contribution in [2.24, 2.45) is 0 Å². The Morgan fingerprint density at radius 1 is 0.786 bits per heavy atom. The molecule has 0 fully saturated rings. The number of allylic oxidation sites excluding steroid dienone is 1. The van der Waals surface area contributed by atoms with Crippen LogP contribution in [0.15, 0.2) is 18.2 Å². The third-order valence-corrected chi connectivity index (χ3v) is 3.35. The van der Waals surface area contributed by atoms with Crippen LogP contribution >= 0.6 is 0 Å². The van der Waals surface area contributed by atoms with Gasteiger partial charge in [-0.2, -0.15) is 0 Å². The minimum atomic E-state index is 1.29. The standard InChI is InChI=1S/C14H15/c1-2-5-11-9-13-7-4-8-14(13)10-12(11)6-3-1/h4,7-10H,1-3,5-6H2. The highest BCUT2D eigenvalue weighted by atomic mass is 14.2. The van der Waals surface area contributed by atoms with Crippen LogP contribution in [0.4, 0.5) is 0 Å². The summed E-state index contributed by atoms with van der Waals surface area (Å²) in [6.07, 6.45) is 13.3. The van der Waals surface area contributed by atoms with E-state index in [0.29, 0.717) is 0 Å². The van der Waals surface area contributed by atoms with E-state index >= 15 is 0 Å². The Balaban J connectivity index is 2.08. The second-order valence-electron chi connectivity index (χ2n) is 4.34. The van der Waals surface area contributed by atoms with E-state index in [9.17, 15) is 0 Å². The molecular weight excluding hydrogens is 168 g/mol. The number of benzene rings is 1. The molecule has 0 saturated carbocycles. The second-order valence-corrected chi connectivity index (χ2v) is 4.34. The van der Waals surface area contributed by atoms with Crippen LogP contribution in [0.3, 0.4) is 0 Å². The van der Waals surface area contributed by atoms with Crippen LogP contribution in [0.1, 0.15) is 41.5 Å². The van der Waals surface area contributed by atoms with Crippen LogP contribution in [-0.4, -0.2) is 0 Å². The van der Waals surface area contributed by atoms with E-state index in [0.717, 1.165) is 0 Å². The van der Waals surface area contributed by atoms with Crippen molar-refractivity contribution in [1.82, 2.24) is 0 Å². The van der Waals surface area contributed by atoms with Crippen molar-refractivity contribution in [1.29, 1.82) is 0 Å². The van der Waals surface area contributed by atoms with E-state index in [1.807, 2.05) is 0 Å². The summed E-state index contributed by atoms with van der Waals surface area (Å²) in [5, 5.41) is 0. The number of hydrogen-bond acceptors (Lipinski definition) is 0. The summed E-state index contributed by atoms with van der Waals surface area (Å²) in [6.45, 7) is 0. The lowest BCUT2D eigenvalue weighted by atomic mass is 9.97. The Kier molecular flexibility index (Phi) is 1.93. The third kappa shape index (κ3) is 1.30. The van der Waals surface area contributed by atoms with Gasteiger partial charge in [-0.15, -0.1) is 0 Å². The van der Waals surface area contributed by atoms with Crippen LogP contribution in [0.25, 0.3) is 6.08 Å². The highest BCUT2D eigenvalue weighted by Gasteiger charge is 2.12. The molecule has 0 aliphatic heterocycles. The fourth-order valence-corrected chi connectivity index (χ4v) is 2.54. The van der Waals surface area contributed by atoms with Crippen molar-refractivity contribution < 1.29 is 0 Å². The summed E-state index contributed by atoms with van der Waals surface area (Å²) in [6, 6.07) is 4.80. The molecule has 2 aliphatic rings. The Morgan fingerprint density at radius 2 is 1.50 bits per heavy atom. The summed E-state index contributed by atoms with van der Waals surface area (Å²) in [4.78, 5) is 0. The Morgan fingerprint density at radius 3 is 2.29 bits per heavy atom. The van der Waals surface area contributed by atoms with E-state index in [4.69, 9.17) is 0 Å². The van der Waals surface area contributed by atoms with Gasteiger partial charge in [-0.25, -0.2) is 0 Å². The van der Waals surface area contributed by atoms with Crippen molar-refractivity contribution in [3.8, 4) is 0 Å². The number of fused-ring (bicyclic) bond motifs is 2. The van der Waals surface area contributed by atoms with Crippen molar-refractivity contribution in [3.05, 3.63) is 46.9 Å². The van der Waals surface area contributed by atoms with Gasteiger partial charge in [0.05, 0.1) is 0 Å². The first-order valence-electron chi connectivity index (χ1n) is 5.61. The molecule has 14 heavy (non-hydrogen) atoms. The molecule has 0 atom stereocenters. The molecule has 0 aromatic heterocycles. The average molecular weight is 183 g/mol. The number of aryl methyl sites for hydroxylation is 2. The van der Waals surface area contributed by atoms with E-state index < -0.39 is 0 Å². The molecule has 0 bridgehead atoms. The molecule has 71 valence electrons. The summed E-state index contributed by atoms with van der Waals surface area (Å²) in [7, 11) is 0. The molecule has 0 nitrogen and oxygen atoms in total. The maximum absolute atomic E-state index is 2.40. The first-order chi connectivity index (χ1) is 6.93. The van der Waals surface area contributed by atoms with Gasteiger partial charge in [0.25, 0.3) is 0 Å². The minimum absolute atomic E-state index is 1.29. The normalized spacial score (nSPS) is 18.9. The van der Waals surface area contributed by atoms with Gasteiger partial charge < -0.3 is 0 Å². The first-order valence-corrected chi connectivity index (χ1v) is 5.61. The Hall–Kier alpha value is -1.04. The lowest BCUT2D eigenvalue weighted by Gasteiger charge is -2.08. The quantitative estimate of drug-likeness (QED) is 0.540. The topological polar surface area (TPSA) is 0 Å². The molecule has 2 aliphatic carbocycles. The largest absolute Gasteiger partial charge is 0.0755 e. The SMILES string of the molecule is [CH]1C=Cc2cc3c(cc21)CCCCC3. The fourth-order valence-electron chi connectivity index (χ4n) is 2.54. The molecule has 0 N–H and O–H groups in total. The van der Waals surface area contributed by atoms with Gasteiger partial charge in [0.1, 0.15) is 0 Å². The van der Waals surface area contributed by atoms with Crippen LogP contribution in [-0.2, 0) is 12.8 Å². The lowest BCUT2D eigenvalue weighted by Crippen LogP contribution is -1.94. The monoisotopic (exact) mass is 183 g/mol. The van der Waals surface area contributed by atoms with Crippen LogP contribution < -0.4 is 0 Å². The maximum Gasteiger partial charge on any atom is 0.0131 e. The molecule has 0 spiro atoms. The van der Waals surface area contributed by atoms with E-state index in [-0.39, 0.29) is 0 Å². The van der Waals surface area contributed by atoms with E-state index in [2.05, 4.69) is 30.7 Å². The van der Waals surface area contributed by atoms with Crippen molar-refractivity contribution in [3.63, 3.8) is 0 Å². The van der Waals surface area contributed by atoms with Gasteiger partial charge in [-0.1, -0.05) is 30.7 Å². The van der Waals surface area contributed by atoms with Crippen molar-refractivity contribution in [2.75, 3.05) is 0 Å². The molecule has 0 unspecified atom stereocenters. The zero-order valence-corrected chi connectivity index (χ0v) is 8.42. The maximum atomic E-state index is 2.40. The van der Waals surface area contributed by atoms with Gasteiger partial charge in [0, 0.05) is 6.42 Å². The van der Waals surface area contributed by atoms with Crippen molar-refractivity contribution in [2.45, 2.75) is 32.1 Å². The van der Waals surface area contributed by atoms with Crippen LogP contribution in [0.2, 0.25) is 0 Å². The average Bonchev–Trinajstić information content (AvgIpc) is 2.51.